The topological polar surface area (TPSA) is 93.8 Å². The summed E-state index contributed by atoms with van der Waals surface area (Å²) in [6.07, 6.45) is 4.50. The fourth-order valence-electron chi connectivity index (χ4n) is 1.95. The van der Waals surface area contributed by atoms with E-state index in [1.54, 1.807) is 12.1 Å². The monoisotopic (exact) mass is 374 g/mol. The van der Waals surface area contributed by atoms with Gasteiger partial charge in [-0.15, -0.1) is 0 Å². The number of nitrogens with two attached hydrogens (primary N) is 2. The van der Waals surface area contributed by atoms with E-state index in [4.69, 9.17) is 0 Å². The van der Waals surface area contributed by atoms with Crippen molar-refractivity contribution in [1.29, 1.82) is 0 Å². The number of rotatable bonds is 5. The summed E-state index contributed by atoms with van der Waals surface area (Å²) in [6.45, 7) is 0.712. The van der Waals surface area contributed by atoms with Gasteiger partial charge in [0.2, 0.25) is 0 Å². The number of hydrogen-bond acceptors (Lipinski definition) is 5. The minimum Gasteiger partial charge on any atom is -0.319 e. The van der Waals surface area contributed by atoms with Crippen LogP contribution in [0, 0.1) is 0 Å². The average Bonchev–Trinajstić information content (AvgIpc) is 2.77. The molecule has 3 rings (SSSR count). The second kappa shape index (κ2) is 15.8. The molecule has 0 saturated carbocycles. The number of carbonyl (C=O) groups is 1. The SMILES string of the molecule is C(=NCN=Cc1ccccc1)c1ccccc1.NCN.O=Cc1ccccc1. The lowest BCUT2D eigenvalue weighted by molar-refractivity contribution is 0.112. The van der Waals surface area contributed by atoms with Crippen LogP contribution in [-0.4, -0.2) is 32.1 Å². The quantitative estimate of drug-likeness (QED) is 0.406. The predicted molar refractivity (Wildman–Crippen MR) is 118 cm³/mol. The maximum absolute atomic E-state index is 10.0. The summed E-state index contributed by atoms with van der Waals surface area (Å²) in [4.78, 5) is 18.5. The molecule has 0 aliphatic carbocycles. The molecule has 0 aromatic heterocycles. The van der Waals surface area contributed by atoms with E-state index in [9.17, 15) is 4.79 Å². The highest BCUT2D eigenvalue weighted by atomic mass is 16.1. The second-order valence-electron chi connectivity index (χ2n) is 5.35. The number of aldehydes is 1. The third-order valence-electron chi connectivity index (χ3n) is 3.18. The van der Waals surface area contributed by atoms with Crippen molar-refractivity contribution in [3.05, 3.63) is 108 Å². The highest BCUT2D eigenvalue weighted by molar-refractivity contribution is 5.80. The van der Waals surface area contributed by atoms with Gasteiger partial charge >= 0.3 is 0 Å². The molecule has 0 unspecified atom stereocenters. The van der Waals surface area contributed by atoms with Crippen molar-refractivity contribution < 1.29 is 4.79 Å². The van der Waals surface area contributed by atoms with Crippen LogP contribution in [-0.2, 0) is 0 Å². The van der Waals surface area contributed by atoms with Crippen LogP contribution in [0.25, 0.3) is 0 Å². The van der Waals surface area contributed by atoms with Crippen molar-refractivity contribution in [3.8, 4) is 0 Å². The van der Waals surface area contributed by atoms with E-state index in [2.05, 4.69) is 21.5 Å². The van der Waals surface area contributed by atoms with E-state index in [1.807, 2.05) is 91.3 Å². The Labute approximate surface area is 166 Å². The zero-order valence-electron chi connectivity index (χ0n) is 15.8. The zero-order valence-corrected chi connectivity index (χ0v) is 15.8. The van der Waals surface area contributed by atoms with Crippen LogP contribution < -0.4 is 11.5 Å². The third kappa shape index (κ3) is 11.3. The molecule has 0 bridgehead atoms. The first-order valence-corrected chi connectivity index (χ1v) is 8.80. The van der Waals surface area contributed by atoms with E-state index in [-0.39, 0.29) is 6.67 Å². The van der Waals surface area contributed by atoms with Crippen LogP contribution >= 0.6 is 0 Å². The Morgan fingerprint density at radius 3 is 1.21 bits per heavy atom. The van der Waals surface area contributed by atoms with Crippen molar-refractivity contribution in [3.63, 3.8) is 0 Å². The smallest absolute Gasteiger partial charge is 0.150 e. The van der Waals surface area contributed by atoms with E-state index < -0.39 is 0 Å². The lowest BCUT2D eigenvalue weighted by Crippen LogP contribution is -2.08. The molecule has 0 aliphatic heterocycles. The lowest BCUT2D eigenvalue weighted by Gasteiger charge is -1.91. The van der Waals surface area contributed by atoms with Gasteiger partial charge in [-0.3, -0.25) is 14.8 Å². The molecule has 0 aliphatic rings. The lowest BCUT2D eigenvalue weighted by atomic mass is 10.2. The number of aliphatic imine (C=N–C) groups is 2. The maximum Gasteiger partial charge on any atom is 0.150 e. The van der Waals surface area contributed by atoms with Crippen LogP contribution in [0.2, 0.25) is 0 Å². The fraction of sp³-hybridized carbons (Fsp3) is 0.0870. The summed E-state index contributed by atoms with van der Waals surface area (Å²) >= 11 is 0. The molecule has 0 atom stereocenters. The van der Waals surface area contributed by atoms with Crippen LogP contribution in [0.5, 0.6) is 0 Å². The first kappa shape index (κ1) is 22.6. The van der Waals surface area contributed by atoms with Crippen LogP contribution in [0.4, 0.5) is 0 Å². The van der Waals surface area contributed by atoms with E-state index in [0.717, 1.165) is 23.0 Å². The molecule has 4 N–H and O–H groups in total. The number of nitrogens with zero attached hydrogens (tertiary/aromatic N) is 2. The fourth-order valence-corrected chi connectivity index (χ4v) is 1.95. The Balaban J connectivity index is 0.000000296. The van der Waals surface area contributed by atoms with Crippen LogP contribution in [0.15, 0.2) is 101 Å². The molecule has 0 spiro atoms. The zero-order chi connectivity index (χ0) is 20.3. The molecule has 144 valence electrons. The summed E-state index contributed by atoms with van der Waals surface area (Å²) in [5, 5.41) is 0. The molecule has 3 aromatic rings. The largest absolute Gasteiger partial charge is 0.319 e. The Bertz CT molecular complexity index is 756. The van der Waals surface area contributed by atoms with Gasteiger partial charge in [0.15, 0.2) is 0 Å². The number of benzene rings is 3. The van der Waals surface area contributed by atoms with Crippen LogP contribution in [0.1, 0.15) is 21.5 Å². The van der Waals surface area contributed by atoms with E-state index in [0.29, 0.717) is 6.67 Å². The van der Waals surface area contributed by atoms with Crippen molar-refractivity contribution in [1.82, 2.24) is 0 Å². The molecule has 0 amide bonds. The maximum atomic E-state index is 10.0. The van der Waals surface area contributed by atoms with E-state index in [1.165, 1.54) is 0 Å². The van der Waals surface area contributed by atoms with Gasteiger partial charge in [-0.25, -0.2) is 0 Å². The van der Waals surface area contributed by atoms with Crippen molar-refractivity contribution in [2.75, 3.05) is 13.3 Å². The van der Waals surface area contributed by atoms with Gasteiger partial charge in [0, 0.05) is 24.7 Å². The first-order valence-electron chi connectivity index (χ1n) is 8.80. The summed E-state index contributed by atoms with van der Waals surface area (Å²) in [5.41, 5.74) is 12.2. The summed E-state index contributed by atoms with van der Waals surface area (Å²) in [7, 11) is 0. The van der Waals surface area contributed by atoms with Crippen LogP contribution in [0.3, 0.4) is 0 Å². The Kier molecular flexibility index (Phi) is 12.8. The second-order valence-corrected chi connectivity index (χ2v) is 5.35. The van der Waals surface area contributed by atoms with Gasteiger partial charge in [0.25, 0.3) is 0 Å². The van der Waals surface area contributed by atoms with Gasteiger partial charge in [-0.1, -0.05) is 91.0 Å². The molecule has 5 heteroatoms. The van der Waals surface area contributed by atoms with Crippen molar-refractivity contribution in [2.24, 2.45) is 21.5 Å². The molecule has 3 aromatic carbocycles. The van der Waals surface area contributed by atoms with Gasteiger partial charge in [-0.2, -0.15) is 0 Å². The molecule has 0 saturated heterocycles. The molecular formula is C23H26N4O. The molecule has 0 fully saturated rings. The molecule has 0 radical (unpaired) electrons. The number of carbonyl (C=O) groups excluding carboxylic acids is 1. The minimum atomic E-state index is 0.250. The highest BCUT2D eigenvalue weighted by Crippen LogP contribution is 1.95. The van der Waals surface area contributed by atoms with Gasteiger partial charge in [0.1, 0.15) is 13.0 Å². The average molecular weight is 374 g/mol. The van der Waals surface area contributed by atoms with E-state index >= 15 is 0 Å². The van der Waals surface area contributed by atoms with Crippen molar-refractivity contribution in [2.45, 2.75) is 0 Å². The third-order valence-corrected chi connectivity index (χ3v) is 3.18. The summed E-state index contributed by atoms with van der Waals surface area (Å²) < 4.78 is 0. The first-order chi connectivity index (χ1) is 13.8. The summed E-state index contributed by atoms with van der Waals surface area (Å²) in [5.74, 6) is 0. The summed E-state index contributed by atoms with van der Waals surface area (Å²) in [6, 6.07) is 29.1. The predicted octanol–water partition coefficient (Wildman–Crippen LogP) is 3.54. The van der Waals surface area contributed by atoms with Gasteiger partial charge in [0.05, 0.1) is 0 Å². The normalized spacial score (nSPS) is 9.93. The molecule has 0 heterocycles. The number of hydrogen-bond donors (Lipinski definition) is 2. The molecule has 5 nitrogen and oxygen atoms in total. The molecular weight excluding hydrogens is 348 g/mol. The Morgan fingerprint density at radius 2 is 0.929 bits per heavy atom. The van der Waals surface area contributed by atoms with Gasteiger partial charge in [-0.05, 0) is 11.1 Å². The van der Waals surface area contributed by atoms with Gasteiger partial charge < -0.3 is 11.5 Å². The van der Waals surface area contributed by atoms with Crippen molar-refractivity contribution >= 4 is 18.7 Å². The molecule has 28 heavy (non-hydrogen) atoms. The highest BCUT2D eigenvalue weighted by Gasteiger charge is 1.84. The Morgan fingerprint density at radius 1 is 0.607 bits per heavy atom. The standard InChI is InChI=1S/C15H14N2.C7H6O.CH6N2/c1-3-7-14(8-4-1)11-16-13-17-12-15-9-5-2-6-10-15;8-6-7-4-2-1-3-5-7;2-1-3/h1-12H,13H2;1-6H;1-3H2. The Hall–Kier alpha value is -3.41. The minimum absolute atomic E-state index is 0.250.